The minimum absolute atomic E-state index is 0.115. The number of pyridine rings is 1. The van der Waals surface area contributed by atoms with Crippen LogP contribution in [-0.2, 0) is 15.7 Å². The van der Waals surface area contributed by atoms with Crippen LogP contribution >= 0.6 is 0 Å². The van der Waals surface area contributed by atoms with Gasteiger partial charge >= 0.3 is 7.12 Å². The molecular formula is C21H26BNO4. The molecule has 3 heterocycles. The number of hydrogen-bond donors (Lipinski definition) is 1. The van der Waals surface area contributed by atoms with E-state index in [-0.39, 0.29) is 6.10 Å². The van der Waals surface area contributed by atoms with Crippen molar-refractivity contribution in [2.75, 3.05) is 0 Å². The summed E-state index contributed by atoms with van der Waals surface area (Å²) in [5, 5.41) is 10.6. The molecule has 4 rings (SSSR count). The lowest BCUT2D eigenvalue weighted by atomic mass is 9.78. The summed E-state index contributed by atoms with van der Waals surface area (Å²) in [5.74, 6) is 0.696. The maximum absolute atomic E-state index is 10.6. The zero-order valence-electron chi connectivity index (χ0n) is 16.3. The van der Waals surface area contributed by atoms with Crippen LogP contribution in [0, 0.1) is 0 Å². The number of aliphatic hydroxyl groups is 1. The first-order chi connectivity index (χ1) is 12.7. The molecule has 0 spiro atoms. The lowest BCUT2D eigenvalue weighted by Gasteiger charge is -2.32. The molecule has 2 unspecified atom stereocenters. The van der Waals surface area contributed by atoms with Crippen LogP contribution in [0.5, 0.6) is 5.75 Å². The van der Waals surface area contributed by atoms with E-state index in [1.807, 2.05) is 64.1 Å². The fraction of sp³-hybridized carbons (Fsp3) is 0.476. The molecule has 2 aliphatic heterocycles. The highest BCUT2D eigenvalue weighted by atomic mass is 16.7. The summed E-state index contributed by atoms with van der Waals surface area (Å²) in [7, 11) is -0.447. The highest BCUT2D eigenvalue weighted by molar-refractivity contribution is 6.62. The molecule has 5 nitrogen and oxygen atoms in total. The second-order valence-electron chi connectivity index (χ2n) is 8.40. The molecule has 0 bridgehead atoms. The van der Waals surface area contributed by atoms with Gasteiger partial charge in [0.05, 0.1) is 17.3 Å². The van der Waals surface area contributed by atoms with Gasteiger partial charge in [0.1, 0.15) is 11.9 Å². The fourth-order valence-electron chi connectivity index (χ4n) is 3.53. The number of fused-ring (bicyclic) bond motifs is 1. The lowest BCUT2D eigenvalue weighted by molar-refractivity contribution is 0.00578. The summed E-state index contributed by atoms with van der Waals surface area (Å²) in [6.07, 6.45) is 2.34. The number of benzene rings is 1. The number of nitrogens with zero attached hydrogens (tertiary/aromatic N) is 1. The Kier molecular flexibility index (Phi) is 4.53. The first-order valence-corrected chi connectivity index (χ1v) is 9.49. The number of rotatable bonds is 3. The minimum atomic E-state index is -0.546. The maximum Gasteiger partial charge on any atom is 0.494 e. The Morgan fingerprint density at radius 2 is 1.85 bits per heavy atom. The quantitative estimate of drug-likeness (QED) is 0.846. The van der Waals surface area contributed by atoms with Gasteiger partial charge in [0, 0.05) is 30.3 Å². The lowest BCUT2D eigenvalue weighted by Crippen LogP contribution is -2.41. The van der Waals surface area contributed by atoms with Crippen molar-refractivity contribution in [2.45, 2.75) is 63.9 Å². The Morgan fingerprint density at radius 1 is 1.11 bits per heavy atom. The topological polar surface area (TPSA) is 60.8 Å². The normalized spacial score (nSPS) is 25.7. The summed E-state index contributed by atoms with van der Waals surface area (Å²) < 4.78 is 18.5. The van der Waals surface area contributed by atoms with Crippen molar-refractivity contribution < 1.29 is 19.2 Å². The Labute approximate surface area is 160 Å². The smallest absolute Gasteiger partial charge is 0.490 e. The molecule has 1 N–H and O–H groups in total. The van der Waals surface area contributed by atoms with Crippen molar-refractivity contribution in [3.05, 3.63) is 53.9 Å². The molecule has 6 heteroatoms. The van der Waals surface area contributed by atoms with Crippen molar-refractivity contribution >= 4 is 12.6 Å². The molecule has 1 aromatic carbocycles. The second kappa shape index (κ2) is 6.62. The monoisotopic (exact) mass is 367 g/mol. The Morgan fingerprint density at radius 3 is 2.52 bits per heavy atom. The molecule has 2 aromatic rings. The van der Waals surface area contributed by atoms with E-state index < -0.39 is 24.4 Å². The SMILES string of the molecule is CC1(C)OB(c2ccc3c(c2)OC(Cc2ccccn2)CC3O)OC1(C)C. The molecule has 1 fully saturated rings. The summed E-state index contributed by atoms with van der Waals surface area (Å²) in [6, 6.07) is 11.6. The van der Waals surface area contributed by atoms with Crippen LogP contribution in [0.2, 0.25) is 0 Å². The van der Waals surface area contributed by atoms with Gasteiger partial charge in [-0.2, -0.15) is 0 Å². The highest BCUT2D eigenvalue weighted by Crippen LogP contribution is 2.38. The maximum atomic E-state index is 10.6. The van der Waals surface area contributed by atoms with Crippen molar-refractivity contribution in [3.8, 4) is 5.75 Å². The van der Waals surface area contributed by atoms with Crippen LogP contribution < -0.4 is 10.2 Å². The highest BCUT2D eigenvalue weighted by Gasteiger charge is 2.51. The molecule has 27 heavy (non-hydrogen) atoms. The van der Waals surface area contributed by atoms with Crippen LogP contribution in [0.3, 0.4) is 0 Å². The van der Waals surface area contributed by atoms with Crippen LogP contribution in [0.25, 0.3) is 0 Å². The largest absolute Gasteiger partial charge is 0.494 e. The van der Waals surface area contributed by atoms with E-state index in [9.17, 15) is 5.11 Å². The van der Waals surface area contributed by atoms with Gasteiger partial charge < -0.3 is 19.2 Å². The van der Waals surface area contributed by atoms with Crippen molar-refractivity contribution in [3.63, 3.8) is 0 Å². The summed E-state index contributed by atoms with van der Waals surface area (Å²) >= 11 is 0. The standard InChI is InChI=1S/C21H26BNO4/c1-20(2)21(3,4)27-22(26-20)14-8-9-17-18(24)13-16(25-19(17)11-14)12-15-7-5-6-10-23-15/h5-11,16,18,24H,12-13H2,1-4H3. The van der Waals surface area contributed by atoms with Gasteiger partial charge in [0.2, 0.25) is 0 Å². The first-order valence-electron chi connectivity index (χ1n) is 9.49. The van der Waals surface area contributed by atoms with Gasteiger partial charge in [-0.1, -0.05) is 18.2 Å². The van der Waals surface area contributed by atoms with Gasteiger partial charge in [-0.3, -0.25) is 4.98 Å². The Hall–Kier alpha value is -1.89. The Balaban J connectivity index is 1.56. The van der Waals surface area contributed by atoms with Crippen molar-refractivity contribution in [1.29, 1.82) is 0 Å². The van der Waals surface area contributed by atoms with E-state index in [1.54, 1.807) is 6.20 Å². The predicted molar refractivity (Wildman–Crippen MR) is 104 cm³/mol. The van der Waals surface area contributed by atoms with Gasteiger partial charge in [-0.05, 0) is 51.4 Å². The number of aromatic nitrogens is 1. The van der Waals surface area contributed by atoms with Crippen molar-refractivity contribution in [1.82, 2.24) is 4.98 Å². The molecule has 1 aromatic heterocycles. The van der Waals surface area contributed by atoms with Crippen molar-refractivity contribution in [2.24, 2.45) is 0 Å². The summed E-state index contributed by atoms with van der Waals surface area (Å²) in [5.41, 5.74) is 1.89. The second-order valence-corrected chi connectivity index (χ2v) is 8.40. The predicted octanol–water partition coefficient (Wildman–Crippen LogP) is 2.81. The zero-order chi connectivity index (χ0) is 19.2. The molecule has 0 radical (unpaired) electrons. The van der Waals surface area contributed by atoms with Gasteiger partial charge in [-0.15, -0.1) is 0 Å². The minimum Gasteiger partial charge on any atom is -0.490 e. The third-order valence-electron chi connectivity index (χ3n) is 5.86. The fourth-order valence-corrected chi connectivity index (χ4v) is 3.53. The number of ether oxygens (including phenoxy) is 1. The van der Waals surface area contributed by atoms with E-state index in [1.165, 1.54) is 0 Å². The molecule has 2 atom stereocenters. The van der Waals surface area contributed by atoms with E-state index >= 15 is 0 Å². The van der Waals surface area contributed by atoms with Gasteiger partial charge in [0.25, 0.3) is 0 Å². The third-order valence-corrected chi connectivity index (χ3v) is 5.86. The van der Waals surface area contributed by atoms with Crippen LogP contribution in [0.4, 0.5) is 0 Å². The molecule has 0 saturated carbocycles. The molecule has 0 amide bonds. The third kappa shape index (κ3) is 3.49. The van der Waals surface area contributed by atoms with E-state index in [0.29, 0.717) is 18.6 Å². The molecule has 1 saturated heterocycles. The first kappa shape index (κ1) is 18.5. The van der Waals surface area contributed by atoms with Gasteiger partial charge in [-0.25, -0.2) is 0 Å². The average molecular weight is 367 g/mol. The Bertz CT molecular complexity index is 808. The molecule has 2 aliphatic rings. The number of hydrogen-bond acceptors (Lipinski definition) is 5. The summed E-state index contributed by atoms with van der Waals surface area (Å²) in [4.78, 5) is 4.36. The van der Waals surface area contributed by atoms with Crippen LogP contribution in [-0.4, -0.2) is 34.5 Å². The molecular weight excluding hydrogens is 341 g/mol. The summed E-state index contributed by atoms with van der Waals surface area (Å²) in [6.45, 7) is 8.15. The van der Waals surface area contributed by atoms with Gasteiger partial charge in [0.15, 0.2) is 0 Å². The van der Waals surface area contributed by atoms with E-state index in [4.69, 9.17) is 14.0 Å². The van der Waals surface area contributed by atoms with E-state index in [2.05, 4.69) is 4.98 Å². The average Bonchev–Trinajstić information content (AvgIpc) is 2.83. The van der Waals surface area contributed by atoms with Crippen LogP contribution in [0.15, 0.2) is 42.6 Å². The number of aliphatic hydroxyl groups excluding tert-OH is 1. The molecule has 0 aliphatic carbocycles. The van der Waals surface area contributed by atoms with Crippen LogP contribution in [0.1, 0.15) is 51.5 Å². The molecule has 142 valence electrons. The zero-order valence-corrected chi connectivity index (χ0v) is 16.3. The van der Waals surface area contributed by atoms with E-state index in [0.717, 1.165) is 16.7 Å².